The molecule has 1 fully saturated rings. The van der Waals surface area contributed by atoms with E-state index in [0.29, 0.717) is 5.38 Å². The summed E-state index contributed by atoms with van der Waals surface area (Å²) in [4.78, 5) is 2.43. The summed E-state index contributed by atoms with van der Waals surface area (Å²) >= 11 is 6.12. The van der Waals surface area contributed by atoms with Crippen molar-refractivity contribution >= 4 is 11.6 Å². The van der Waals surface area contributed by atoms with Gasteiger partial charge in [0.2, 0.25) is 0 Å². The normalized spacial score (nSPS) is 22.0. The first-order valence-electron chi connectivity index (χ1n) is 6.41. The third kappa shape index (κ3) is 3.46. The van der Waals surface area contributed by atoms with E-state index in [4.69, 9.17) is 11.6 Å². The van der Waals surface area contributed by atoms with Crippen LogP contribution in [0.1, 0.15) is 38.3 Å². The molecule has 2 rings (SSSR count). The lowest BCUT2D eigenvalue weighted by Gasteiger charge is -2.20. The van der Waals surface area contributed by atoms with Crippen molar-refractivity contribution in [2.24, 2.45) is 0 Å². The molecule has 0 aliphatic carbocycles. The van der Waals surface area contributed by atoms with E-state index in [0.717, 1.165) is 26.1 Å². The van der Waals surface area contributed by atoms with Crippen LogP contribution in [0, 0.1) is 0 Å². The Morgan fingerprint density at radius 1 is 1.24 bits per heavy atom. The number of hydrogen-bond acceptors (Lipinski definition) is 1. The van der Waals surface area contributed by atoms with Crippen molar-refractivity contribution in [2.75, 3.05) is 13.1 Å². The molecule has 0 radical (unpaired) electrons. The van der Waals surface area contributed by atoms with Crippen LogP contribution in [-0.2, 0) is 12.0 Å². The highest BCUT2D eigenvalue weighted by Gasteiger charge is 2.20. The average Bonchev–Trinajstić information content (AvgIpc) is 2.63. The molecule has 1 aromatic carbocycles. The highest BCUT2D eigenvalue weighted by Crippen LogP contribution is 2.23. The van der Waals surface area contributed by atoms with Crippen LogP contribution in [0.3, 0.4) is 0 Å². The number of hydrogen-bond donors (Lipinski definition) is 0. The standard InChI is InChI=1S/C15H22ClN/c1-15(2,3)13-6-4-12(5-7-13)10-17-9-8-14(16)11-17/h4-7,14H,8-11H2,1-3H3. The number of nitrogens with zero attached hydrogens (tertiary/aromatic N) is 1. The molecule has 1 aliphatic rings. The summed E-state index contributed by atoms with van der Waals surface area (Å²) in [6.45, 7) is 9.95. The molecule has 0 amide bonds. The van der Waals surface area contributed by atoms with Gasteiger partial charge in [-0.2, -0.15) is 0 Å². The van der Waals surface area contributed by atoms with Gasteiger partial charge in [-0.3, -0.25) is 4.90 Å². The van der Waals surface area contributed by atoms with Gasteiger partial charge in [-0.15, -0.1) is 11.6 Å². The molecular weight excluding hydrogens is 230 g/mol. The van der Waals surface area contributed by atoms with E-state index in [2.05, 4.69) is 49.9 Å². The smallest absolute Gasteiger partial charge is 0.0475 e. The zero-order valence-corrected chi connectivity index (χ0v) is 11.8. The fourth-order valence-electron chi connectivity index (χ4n) is 2.30. The molecule has 1 aromatic rings. The highest BCUT2D eigenvalue weighted by molar-refractivity contribution is 6.20. The van der Waals surface area contributed by atoms with Crippen molar-refractivity contribution in [3.8, 4) is 0 Å². The minimum Gasteiger partial charge on any atom is -0.298 e. The maximum atomic E-state index is 6.12. The maximum absolute atomic E-state index is 6.12. The van der Waals surface area contributed by atoms with Crippen molar-refractivity contribution in [1.29, 1.82) is 0 Å². The Balaban J connectivity index is 1.99. The lowest BCUT2D eigenvalue weighted by Crippen LogP contribution is -2.20. The third-order valence-corrected chi connectivity index (χ3v) is 3.80. The molecule has 17 heavy (non-hydrogen) atoms. The van der Waals surface area contributed by atoms with Gasteiger partial charge in [0.1, 0.15) is 0 Å². The molecule has 1 atom stereocenters. The van der Waals surface area contributed by atoms with Crippen molar-refractivity contribution in [3.63, 3.8) is 0 Å². The van der Waals surface area contributed by atoms with Crippen LogP contribution >= 0.6 is 11.6 Å². The van der Waals surface area contributed by atoms with Gasteiger partial charge in [0, 0.05) is 18.5 Å². The van der Waals surface area contributed by atoms with E-state index < -0.39 is 0 Å². The van der Waals surface area contributed by atoms with Gasteiger partial charge in [0.25, 0.3) is 0 Å². The number of halogens is 1. The summed E-state index contributed by atoms with van der Waals surface area (Å²) < 4.78 is 0. The summed E-state index contributed by atoms with van der Waals surface area (Å²) in [5.74, 6) is 0. The summed E-state index contributed by atoms with van der Waals surface area (Å²) in [5, 5.41) is 0.351. The van der Waals surface area contributed by atoms with Gasteiger partial charge in [-0.25, -0.2) is 0 Å². The second-order valence-electron chi connectivity index (χ2n) is 6.07. The Kier molecular flexibility index (Phi) is 3.79. The zero-order valence-electron chi connectivity index (χ0n) is 11.0. The summed E-state index contributed by atoms with van der Waals surface area (Å²) in [5.41, 5.74) is 3.04. The van der Waals surface area contributed by atoms with Gasteiger partial charge in [0.15, 0.2) is 0 Å². The number of benzene rings is 1. The summed E-state index contributed by atoms with van der Waals surface area (Å²) in [6.07, 6.45) is 1.13. The molecule has 0 aromatic heterocycles. The van der Waals surface area contributed by atoms with Gasteiger partial charge in [-0.05, 0) is 29.5 Å². The third-order valence-electron chi connectivity index (χ3n) is 3.44. The molecule has 0 bridgehead atoms. The van der Waals surface area contributed by atoms with E-state index in [1.165, 1.54) is 11.1 Å². The van der Waals surface area contributed by atoms with Crippen LogP contribution < -0.4 is 0 Å². The van der Waals surface area contributed by atoms with Crippen molar-refractivity contribution in [2.45, 2.75) is 44.5 Å². The lowest BCUT2D eigenvalue weighted by atomic mass is 9.87. The average molecular weight is 252 g/mol. The number of likely N-dealkylation sites (tertiary alicyclic amines) is 1. The topological polar surface area (TPSA) is 3.24 Å². The van der Waals surface area contributed by atoms with Gasteiger partial charge < -0.3 is 0 Å². The largest absolute Gasteiger partial charge is 0.298 e. The Morgan fingerprint density at radius 2 is 1.88 bits per heavy atom. The van der Waals surface area contributed by atoms with E-state index in [1.54, 1.807) is 0 Å². The zero-order chi connectivity index (χ0) is 12.5. The van der Waals surface area contributed by atoms with Crippen LogP contribution in [0.5, 0.6) is 0 Å². The first-order chi connectivity index (χ1) is 7.95. The predicted molar refractivity (Wildman–Crippen MR) is 74.7 cm³/mol. The van der Waals surface area contributed by atoms with E-state index in [1.807, 2.05) is 0 Å². The van der Waals surface area contributed by atoms with Gasteiger partial charge >= 0.3 is 0 Å². The van der Waals surface area contributed by atoms with Crippen molar-refractivity contribution < 1.29 is 0 Å². The molecule has 0 N–H and O–H groups in total. The molecule has 1 nitrogen and oxygen atoms in total. The molecule has 94 valence electrons. The summed E-state index contributed by atoms with van der Waals surface area (Å²) in [7, 11) is 0. The first-order valence-corrected chi connectivity index (χ1v) is 6.84. The lowest BCUT2D eigenvalue weighted by molar-refractivity contribution is 0.332. The molecule has 1 aliphatic heterocycles. The molecule has 2 heteroatoms. The molecule has 1 saturated heterocycles. The molecule has 0 spiro atoms. The number of alkyl halides is 1. The predicted octanol–water partition coefficient (Wildman–Crippen LogP) is 3.80. The van der Waals surface area contributed by atoms with Gasteiger partial charge in [0.05, 0.1) is 0 Å². The van der Waals surface area contributed by atoms with E-state index >= 15 is 0 Å². The SMILES string of the molecule is CC(C)(C)c1ccc(CN2CCC(Cl)C2)cc1. The molecule has 1 heterocycles. The Morgan fingerprint density at radius 3 is 2.35 bits per heavy atom. The number of rotatable bonds is 2. The Hall–Kier alpha value is -0.530. The highest BCUT2D eigenvalue weighted by atomic mass is 35.5. The van der Waals surface area contributed by atoms with Gasteiger partial charge in [-0.1, -0.05) is 45.0 Å². The van der Waals surface area contributed by atoms with Crippen LogP contribution in [0.2, 0.25) is 0 Å². The minimum atomic E-state index is 0.243. The van der Waals surface area contributed by atoms with E-state index in [9.17, 15) is 0 Å². The van der Waals surface area contributed by atoms with Crippen LogP contribution in [0.25, 0.3) is 0 Å². The molecule has 1 unspecified atom stereocenters. The Bertz CT molecular complexity index is 364. The second kappa shape index (κ2) is 4.99. The second-order valence-corrected chi connectivity index (χ2v) is 6.69. The van der Waals surface area contributed by atoms with Crippen LogP contribution in [-0.4, -0.2) is 23.4 Å². The van der Waals surface area contributed by atoms with E-state index in [-0.39, 0.29) is 5.41 Å². The van der Waals surface area contributed by atoms with Crippen molar-refractivity contribution in [1.82, 2.24) is 4.90 Å². The maximum Gasteiger partial charge on any atom is 0.0475 e. The monoisotopic (exact) mass is 251 g/mol. The fourth-order valence-corrected chi connectivity index (χ4v) is 2.59. The quantitative estimate of drug-likeness (QED) is 0.723. The minimum absolute atomic E-state index is 0.243. The summed E-state index contributed by atoms with van der Waals surface area (Å²) in [6, 6.07) is 9.01. The molecular formula is C15H22ClN. The first kappa shape index (κ1) is 12.9. The Labute approximate surface area is 110 Å². The fraction of sp³-hybridized carbons (Fsp3) is 0.600. The van der Waals surface area contributed by atoms with Crippen LogP contribution in [0.15, 0.2) is 24.3 Å². The molecule has 0 saturated carbocycles. The van der Waals surface area contributed by atoms with Crippen LogP contribution in [0.4, 0.5) is 0 Å². The van der Waals surface area contributed by atoms with Crippen molar-refractivity contribution in [3.05, 3.63) is 35.4 Å².